The van der Waals surface area contributed by atoms with Gasteiger partial charge in [-0.15, -0.1) is 0 Å². The number of carbonyl (C=O) groups excluding carboxylic acids is 2. The quantitative estimate of drug-likeness (QED) is 0.411. The number of pyridine rings is 1. The van der Waals surface area contributed by atoms with Crippen molar-refractivity contribution in [1.82, 2.24) is 9.99 Å². The second kappa shape index (κ2) is 11.3. The number of ether oxygens (including phenoxy) is 3. The zero-order valence-corrected chi connectivity index (χ0v) is 21.4. The minimum atomic E-state index is -0.578. The molecule has 3 aromatic rings. The Hall–Kier alpha value is -4.46. The van der Waals surface area contributed by atoms with Crippen LogP contribution in [0.25, 0.3) is 6.08 Å². The van der Waals surface area contributed by atoms with Gasteiger partial charge in [0.05, 0.1) is 31.5 Å². The number of esters is 1. The Morgan fingerprint density at radius 2 is 1.61 bits per heavy atom. The fourth-order valence-electron chi connectivity index (χ4n) is 5.01. The summed E-state index contributed by atoms with van der Waals surface area (Å²) in [5, 5.41) is 6.34. The van der Waals surface area contributed by atoms with Crippen molar-refractivity contribution in [3.05, 3.63) is 95.3 Å². The molecule has 8 heteroatoms. The van der Waals surface area contributed by atoms with Crippen LogP contribution in [0.15, 0.2) is 83.7 Å². The highest BCUT2D eigenvalue weighted by atomic mass is 16.5. The lowest BCUT2D eigenvalue weighted by atomic mass is 9.77. The van der Waals surface area contributed by atoms with Crippen LogP contribution in [-0.2, 0) is 9.53 Å². The van der Waals surface area contributed by atoms with E-state index in [0.717, 1.165) is 53.2 Å². The van der Waals surface area contributed by atoms with E-state index in [1.807, 2.05) is 48.5 Å². The first kappa shape index (κ1) is 25.2. The molecule has 0 N–H and O–H groups in total. The molecule has 2 heterocycles. The van der Waals surface area contributed by atoms with E-state index in [4.69, 9.17) is 19.3 Å². The Morgan fingerprint density at radius 1 is 0.947 bits per heavy atom. The lowest BCUT2D eigenvalue weighted by molar-refractivity contribution is -0.137. The first-order valence-electron chi connectivity index (χ1n) is 12.5. The third kappa shape index (κ3) is 5.29. The van der Waals surface area contributed by atoms with E-state index in [1.54, 1.807) is 26.4 Å². The Morgan fingerprint density at radius 3 is 2.26 bits per heavy atom. The van der Waals surface area contributed by atoms with E-state index in [9.17, 15) is 9.59 Å². The summed E-state index contributed by atoms with van der Waals surface area (Å²) >= 11 is 0. The lowest BCUT2D eigenvalue weighted by Gasteiger charge is -2.29. The molecular formula is C30H29N3O5. The molecule has 0 saturated heterocycles. The van der Waals surface area contributed by atoms with Crippen LogP contribution in [0.5, 0.6) is 11.5 Å². The highest BCUT2D eigenvalue weighted by Crippen LogP contribution is 2.44. The van der Waals surface area contributed by atoms with Crippen molar-refractivity contribution in [2.75, 3.05) is 20.8 Å². The molecule has 1 saturated carbocycles. The Kier molecular flexibility index (Phi) is 7.49. The van der Waals surface area contributed by atoms with Gasteiger partial charge >= 0.3 is 5.97 Å². The number of benzene rings is 2. The van der Waals surface area contributed by atoms with Crippen LogP contribution < -0.4 is 9.47 Å². The first-order chi connectivity index (χ1) is 18.6. The van der Waals surface area contributed by atoms with Crippen LogP contribution in [0.2, 0.25) is 0 Å². The second-order valence-corrected chi connectivity index (χ2v) is 9.20. The molecule has 38 heavy (non-hydrogen) atoms. The molecule has 2 unspecified atom stereocenters. The highest BCUT2D eigenvalue weighted by Gasteiger charge is 2.43. The highest BCUT2D eigenvalue weighted by molar-refractivity contribution is 6.08. The Labute approximate surface area is 221 Å². The van der Waals surface area contributed by atoms with Crippen LogP contribution in [0, 0.1) is 5.92 Å². The van der Waals surface area contributed by atoms with Gasteiger partial charge in [-0.25, -0.2) is 9.80 Å². The molecule has 1 aromatic heterocycles. The van der Waals surface area contributed by atoms with E-state index in [2.05, 4.69) is 11.1 Å². The molecule has 1 fully saturated rings. The number of hydrogen-bond donors (Lipinski definition) is 0. The molecule has 2 aliphatic rings. The predicted molar refractivity (Wildman–Crippen MR) is 143 cm³/mol. The summed E-state index contributed by atoms with van der Waals surface area (Å²) in [6.07, 6.45) is 7.90. The maximum atomic E-state index is 13.4. The summed E-state index contributed by atoms with van der Waals surface area (Å²) in [4.78, 5) is 29.8. The molecule has 0 bridgehead atoms. The average molecular weight is 512 g/mol. The average Bonchev–Trinajstić information content (AvgIpc) is 3.37. The van der Waals surface area contributed by atoms with Gasteiger partial charge in [0.1, 0.15) is 11.5 Å². The fourth-order valence-corrected chi connectivity index (χ4v) is 5.01. The first-order valence-corrected chi connectivity index (χ1v) is 12.5. The molecule has 1 amide bonds. The number of rotatable bonds is 7. The summed E-state index contributed by atoms with van der Waals surface area (Å²) in [5.41, 5.74) is 4.34. The molecule has 0 radical (unpaired) electrons. The molecule has 2 aromatic carbocycles. The van der Waals surface area contributed by atoms with Gasteiger partial charge in [-0.05, 0) is 78.4 Å². The number of aromatic nitrogens is 1. The standard InChI is InChI=1S/C30H29N3O5/c1-36-24-10-6-20(7-11-24)18-23-4-3-5-26-28(23)32-33(29(26)21-8-12-25(37-2)13-9-21)27(34)19-38-30(35)22-14-16-31-17-15-22/h6-18,26,29H,3-5,19H2,1-2H3. The van der Waals surface area contributed by atoms with Crippen molar-refractivity contribution in [1.29, 1.82) is 0 Å². The smallest absolute Gasteiger partial charge is 0.338 e. The zero-order chi connectivity index (χ0) is 26.5. The normalized spacial score (nSPS) is 19.5. The molecule has 194 valence electrons. The summed E-state index contributed by atoms with van der Waals surface area (Å²) in [6, 6.07) is 18.4. The van der Waals surface area contributed by atoms with E-state index >= 15 is 0 Å². The monoisotopic (exact) mass is 511 g/mol. The van der Waals surface area contributed by atoms with Crippen LogP contribution >= 0.6 is 0 Å². The van der Waals surface area contributed by atoms with E-state index < -0.39 is 12.6 Å². The number of hydrazone groups is 1. The van der Waals surface area contributed by atoms with Crippen molar-refractivity contribution < 1.29 is 23.8 Å². The largest absolute Gasteiger partial charge is 0.497 e. The molecule has 1 aliphatic heterocycles. The topological polar surface area (TPSA) is 90.3 Å². The number of hydrogen-bond acceptors (Lipinski definition) is 7. The number of methoxy groups -OCH3 is 2. The van der Waals surface area contributed by atoms with E-state index in [1.165, 1.54) is 17.4 Å². The molecular weight excluding hydrogens is 482 g/mol. The van der Waals surface area contributed by atoms with Gasteiger partial charge in [-0.3, -0.25) is 9.78 Å². The predicted octanol–water partition coefficient (Wildman–Crippen LogP) is 5.08. The van der Waals surface area contributed by atoms with Crippen molar-refractivity contribution in [3.63, 3.8) is 0 Å². The second-order valence-electron chi connectivity index (χ2n) is 9.20. The van der Waals surface area contributed by atoms with Crippen LogP contribution in [0.1, 0.15) is 46.8 Å². The fraction of sp³-hybridized carbons (Fsp3) is 0.267. The van der Waals surface area contributed by atoms with Crippen LogP contribution in [0.4, 0.5) is 0 Å². The van der Waals surface area contributed by atoms with Crippen molar-refractivity contribution in [2.45, 2.75) is 25.3 Å². The Balaban J connectivity index is 1.44. The van der Waals surface area contributed by atoms with Gasteiger partial charge in [-0.1, -0.05) is 24.3 Å². The summed E-state index contributed by atoms with van der Waals surface area (Å²) in [7, 11) is 3.27. The van der Waals surface area contributed by atoms with Gasteiger partial charge in [0.2, 0.25) is 0 Å². The Bertz CT molecular complexity index is 1350. The molecule has 2 atom stereocenters. The maximum Gasteiger partial charge on any atom is 0.338 e. The lowest BCUT2D eigenvalue weighted by Crippen LogP contribution is -2.34. The third-order valence-electron chi connectivity index (χ3n) is 6.91. The van der Waals surface area contributed by atoms with Gasteiger partial charge in [0, 0.05) is 18.3 Å². The zero-order valence-electron chi connectivity index (χ0n) is 21.4. The van der Waals surface area contributed by atoms with Gasteiger partial charge in [0.15, 0.2) is 6.61 Å². The number of fused-ring (bicyclic) bond motifs is 1. The van der Waals surface area contributed by atoms with Gasteiger partial charge in [0.25, 0.3) is 5.91 Å². The van der Waals surface area contributed by atoms with Gasteiger partial charge in [-0.2, -0.15) is 5.10 Å². The number of allylic oxidation sites excluding steroid dienone is 1. The molecule has 5 rings (SSSR count). The SMILES string of the molecule is COc1ccc(C=C2CCCC3C2=NN(C(=O)COC(=O)c2ccncc2)C3c2ccc(OC)cc2)cc1. The number of nitrogens with zero attached hydrogens (tertiary/aromatic N) is 3. The van der Waals surface area contributed by atoms with Crippen LogP contribution in [-0.4, -0.2) is 48.4 Å². The summed E-state index contributed by atoms with van der Waals surface area (Å²) < 4.78 is 16.0. The van der Waals surface area contributed by atoms with E-state index in [0.29, 0.717) is 5.56 Å². The minimum absolute atomic E-state index is 0.0292. The summed E-state index contributed by atoms with van der Waals surface area (Å²) in [6.45, 7) is -0.408. The van der Waals surface area contributed by atoms with Crippen molar-refractivity contribution >= 4 is 23.7 Å². The van der Waals surface area contributed by atoms with Crippen LogP contribution in [0.3, 0.4) is 0 Å². The number of carbonyl (C=O) groups is 2. The third-order valence-corrected chi connectivity index (χ3v) is 6.91. The minimum Gasteiger partial charge on any atom is -0.497 e. The molecule has 8 nitrogen and oxygen atoms in total. The van der Waals surface area contributed by atoms with Crippen molar-refractivity contribution in [2.24, 2.45) is 11.0 Å². The maximum absolute atomic E-state index is 13.4. The van der Waals surface area contributed by atoms with Gasteiger partial charge < -0.3 is 14.2 Å². The summed E-state index contributed by atoms with van der Waals surface area (Å²) in [5.74, 6) is 0.608. The molecule has 0 spiro atoms. The van der Waals surface area contributed by atoms with Crippen molar-refractivity contribution in [3.8, 4) is 11.5 Å². The molecule has 1 aliphatic carbocycles. The van der Waals surface area contributed by atoms with E-state index in [-0.39, 0.29) is 17.9 Å². The number of amides is 1.